The molecule has 2 N–H and O–H groups in total. The third kappa shape index (κ3) is 3.77. The Hall–Kier alpha value is -2.62. The maximum absolute atomic E-state index is 12.2. The average Bonchev–Trinajstić information content (AvgIpc) is 2.54. The normalized spacial score (nSPS) is 12.0. The van der Waals surface area contributed by atoms with Crippen molar-refractivity contribution in [2.24, 2.45) is 5.92 Å². The van der Waals surface area contributed by atoms with Crippen LogP contribution in [0.1, 0.15) is 32.3 Å². The number of carbonyl (C=O) groups is 2. The number of hydrogen-bond acceptors (Lipinski definition) is 2. The predicted octanol–water partition coefficient (Wildman–Crippen LogP) is 4.14. The predicted molar refractivity (Wildman–Crippen MR) is 91.4 cm³/mol. The van der Waals surface area contributed by atoms with Crippen LogP contribution in [0, 0.1) is 5.92 Å². The van der Waals surface area contributed by atoms with E-state index in [4.69, 9.17) is 0 Å². The number of para-hydroxylation sites is 1. The van der Waals surface area contributed by atoms with E-state index >= 15 is 0 Å². The second-order valence-electron chi connectivity index (χ2n) is 5.84. The molecule has 0 aliphatic carbocycles. The average molecular weight is 311 g/mol. The molecule has 23 heavy (non-hydrogen) atoms. The minimum Gasteiger partial charge on any atom is -0.481 e. The van der Waals surface area contributed by atoms with Crippen LogP contribution in [0.25, 0.3) is 11.1 Å². The Balaban J connectivity index is 2.60. The van der Waals surface area contributed by atoms with Crippen LogP contribution in [0.5, 0.6) is 0 Å². The lowest BCUT2D eigenvalue weighted by Gasteiger charge is -2.19. The van der Waals surface area contributed by atoms with Crippen LogP contribution in [0.4, 0.5) is 5.69 Å². The molecule has 2 rings (SSSR count). The number of carbonyl (C=O) groups excluding carboxylic acids is 1. The quantitative estimate of drug-likeness (QED) is 0.872. The molecule has 1 unspecified atom stereocenters. The van der Waals surface area contributed by atoms with E-state index < -0.39 is 11.9 Å². The molecule has 0 heterocycles. The molecule has 120 valence electrons. The molecule has 0 aliphatic rings. The summed E-state index contributed by atoms with van der Waals surface area (Å²) in [5.74, 6) is -1.95. The summed E-state index contributed by atoms with van der Waals surface area (Å²) in [6, 6.07) is 15.1. The third-order valence-corrected chi connectivity index (χ3v) is 3.79. The molecule has 0 aliphatic heterocycles. The summed E-state index contributed by atoms with van der Waals surface area (Å²) in [5.41, 5.74) is 2.94. The van der Waals surface area contributed by atoms with Crippen molar-refractivity contribution < 1.29 is 14.7 Å². The van der Waals surface area contributed by atoms with E-state index in [9.17, 15) is 14.7 Å². The lowest BCUT2D eigenvalue weighted by Crippen LogP contribution is -2.21. The molecule has 0 aromatic heterocycles. The van der Waals surface area contributed by atoms with Crippen LogP contribution in [0.2, 0.25) is 0 Å². The first kappa shape index (κ1) is 16.7. The number of nitrogens with one attached hydrogen (secondary N) is 1. The number of anilines is 1. The van der Waals surface area contributed by atoms with E-state index in [0.29, 0.717) is 11.3 Å². The van der Waals surface area contributed by atoms with Crippen LogP contribution in [-0.4, -0.2) is 17.0 Å². The highest BCUT2D eigenvalue weighted by Crippen LogP contribution is 2.35. The van der Waals surface area contributed by atoms with Crippen molar-refractivity contribution in [2.45, 2.75) is 26.7 Å². The van der Waals surface area contributed by atoms with E-state index in [2.05, 4.69) is 5.32 Å². The highest BCUT2D eigenvalue weighted by atomic mass is 16.4. The van der Waals surface area contributed by atoms with E-state index in [0.717, 1.165) is 11.1 Å². The largest absolute Gasteiger partial charge is 0.481 e. The van der Waals surface area contributed by atoms with Crippen molar-refractivity contribution in [3.05, 3.63) is 54.1 Å². The number of amides is 1. The fraction of sp³-hybridized carbons (Fsp3) is 0.263. The van der Waals surface area contributed by atoms with E-state index in [1.54, 1.807) is 26.8 Å². The molecule has 0 radical (unpaired) electrons. The first-order chi connectivity index (χ1) is 10.9. The molecule has 0 saturated carbocycles. The summed E-state index contributed by atoms with van der Waals surface area (Å²) >= 11 is 0. The van der Waals surface area contributed by atoms with Gasteiger partial charge < -0.3 is 10.4 Å². The lowest BCUT2D eigenvalue weighted by atomic mass is 9.93. The first-order valence-electron chi connectivity index (χ1n) is 7.63. The molecule has 0 spiro atoms. The van der Waals surface area contributed by atoms with Crippen LogP contribution >= 0.6 is 0 Å². The van der Waals surface area contributed by atoms with Crippen LogP contribution in [0.3, 0.4) is 0 Å². The van der Waals surface area contributed by atoms with Gasteiger partial charge in [-0.25, -0.2) is 0 Å². The van der Waals surface area contributed by atoms with E-state index in [1.807, 2.05) is 42.5 Å². The van der Waals surface area contributed by atoms with Gasteiger partial charge in [-0.15, -0.1) is 0 Å². The SMILES string of the molecule is CC(C)C(=O)Nc1c(-c2ccccc2)cccc1C(C)C(=O)O. The Labute approximate surface area is 136 Å². The molecule has 1 atom stereocenters. The summed E-state index contributed by atoms with van der Waals surface area (Å²) in [6.07, 6.45) is 0. The molecule has 1 amide bonds. The van der Waals surface area contributed by atoms with Gasteiger partial charge in [0.05, 0.1) is 11.6 Å². The monoisotopic (exact) mass is 311 g/mol. The van der Waals surface area contributed by atoms with Crippen LogP contribution in [0.15, 0.2) is 48.5 Å². The standard InChI is InChI=1S/C19H21NO3/c1-12(2)18(21)20-17-15(13(3)19(22)23)10-7-11-16(17)14-8-5-4-6-9-14/h4-13H,1-3H3,(H,20,21)(H,22,23). The van der Waals surface area contributed by atoms with Gasteiger partial charge in [-0.1, -0.05) is 62.4 Å². The van der Waals surface area contributed by atoms with Crippen molar-refractivity contribution in [3.8, 4) is 11.1 Å². The summed E-state index contributed by atoms with van der Waals surface area (Å²) in [5, 5.41) is 12.3. The Morgan fingerprint density at radius 2 is 1.61 bits per heavy atom. The summed E-state index contributed by atoms with van der Waals surface area (Å²) in [6.45, 7) is 5.24. The van der Waals surface area contributed by atoms with Crippen LogP contribution < -0.4 is 5.32 Å². The fourth-order valence-corrected chi connectivity index (χ4v) is 2.33. The highest BCUT2D eigenvalue weighted by molar-refractivity contribution is 5.98. The van der Waals surface area contributed by atoms with Gasteiger partial charge >= 0.3 is 5.97 Å². The summed E-state index contributed by atoms with van der Waals surface area (Å²) in [7, 11) is 0. The van der Waals surface area contributed by atoms with Crippen LogP contribution in [-0.2, 0) is 9.59 Å². The molecule has 0 fully saturated rings. The number of carboxylic acids is 1. The van der Waals surface area contributed by atoms with Crippen molar-refractivity contribution in [1.82, 2.24) is 0 Å². The van der Waals surface area contributed by atoms with Gasteiger partial charge in [0.2, 0.25) is 5.91 Å². The lowest BCUT2D eigenvalue weighted by molar-refractivity contribution is -0.138. The van der Waals surface area contributed by atoms with Gasteiger partial charge in [-0.2, -0.15) is 0 Å². The minimum atomic E-state index is -0.921. The van der Waals surface area contributed by atoms with Crippen molar-refractivity contribution in [2.75, 3.05) is 5.32 Å². The minimum absolute atomic E-state index is 0.132. The van der Waals surface area contributed by atoms with Gasteiger partial charge in [0.15, 0.2) is 0 Å². The second-order valence-corrected chi connectivity index (χ2v) is 5.84. The zero-order chi connectivity index (χ0) is 17.0. The summed E-state index contributed by atoms with van der Waals surface area (Å²) < 4.78 is 0. The molecule has 2 aromatic rings. The van der Waals surface area contributed by atoms with Gasteiger partial charge in [0, 0.05) is 11.5 Å². The highest BCUT2D eigenvalue weighted by Gasteiger charge is 2.22. The van der Waals surface area contributed by atoms with E-state index in [-0.39, 0.29) is 11.8 Å². The molecule has 0 saturated heterocycles. The Kier molecular flexibility index (Phi) is 5.16. The van der Waals surface area contributed by atoms with Gasteiger partial charge in [-0.3, -0.25) is 9.59 Å². The van der Waals surface area contributed by atoms with Crippen molar-refractivity contribution in [1.29, 1.82) is 0 Å². The number of aliphatic carboxylic acids is 1. The Morgan fingerprint density at radius 1 is 0.957 bits per heavy atom. The van der Waals surface area contributed by atoms with Gasteiger partial charge in [0.1, 0.15) is 0 Å². The van der Waals surface area contributed by atoms with E-state index in [1.165, 1.54) is 0 Å². The topological polar surface area (TPSA) is 66.4 Å². The van der Waals surface area contributed by atoms with Gasteiger partial charge in [-0.05, 0) is 18.1 Å². The van der Waals surface area contributed by atoms with Crippen molar-refractivity contribution in [3.63, 3.8) is 0 Å². The van der Waals surface area contributed by atoms with Crippen molar-refractivity contribution >= 4 is 17.6 Å². The number of rotatable bonds is 5. The number of benzene rings is 2. The fourth-order valence-electron chi connectivity index (χ4n) is 2.33. The van der Waals surface area contributed by atoms with Gasteiger partial charge in [0.25, 0.3) is 0 Å². The molecule has 0 bridgehead atoms. The maximum atomic E-state index is 12.2. The Morgan fingerprint density at radius 3 is 2.17 bits per heavy atom. The maximum Gasteiger partial charge on any atom is 0.310 e. The molecular weight excluding hydrogens is 290 g/mol. The molecule has 2 aromatic carbocycles. The second kappa shape index (κ2) is 7.09. The Bertz CT molecular complexity index is 708. The summed E-state index contributed by atoms with van der Waals surface area (Å²) in [4.78, 5) is 23.6. The molecule has 4 heteroatoms. The zero-order valence-electron chi connectivity index (χ0n) is 13.5. The number of hydrogen-bond donors (Lipinski definition) is 2. The third-order valence-electron chi connectivity index (χ3n) is 3.79. The zero-order valence-corrected chi connectivity index (χ0v) is 13.5. The number of carboxylic acid groups (broad SMARTS) is 1. The first-order valence-corrected chi connectivity index (χ1v) is 7.63. The molecular formula is C19H21NO3. The smallest absolute Gasteiger partial charge is 0.310 e. The molecule has 4 nitrogen and oxygen atoms in total.